The smallest absolute Gasteiger partial charge is 0.348 e. The number of aliphatic hydroxyl groups is 3. The van der Waals surface area contributed by atoms with Crippen molar-refractivity contribution < 1.29 is 107 Å². The van der Waals surface area contributed by atoms with Gasteiger partial charge in [-0.25, -0.2) is 29.3 Å². The number of rotatable bonds is 18. The number of aromatic hydroxyl groups is 3. The molecule has 8 aromatic rings. The molecule has 0 saturated carbocycles. The Hall–Kier alpha value is -13.5. The van der Waals surface area contributed by atoms with E-state index in [9.17, 15) is 88.2 Å². The summed E-state index contributed by atoms with van der Waals surface area (Å²) in [7, 11) is 1.50. The molecule has 3 aliphatic heterocycles. The Morgan fingerprint density at radius 2 is 0.688 bits per heavy atom. The van der Waals surface area contributed by atoms with Gasteiger partial charge >= 0.3 is 23.9 Å². The van der Waals surface area contributed by atoms with Crippen LogP contribution in [0.25, 0.3) is 0 Å². The van der Waals surface area contributed by atoms with E-state index in [0.717, 1.165) is 22.3 Å². The highest BCUT2D eigenvalue weighted by Crippen LogP contribution is 2.28. The number of hydrogen-bond donors (Lipinski definition) is 13. The van der Waals surface area contributed by atoms with Gasteiger partial charge in [0, 0.05) is 38.5 Å². The van der Waals surface area contributed by atoms with Crippen molar-refractivity contribution in [2.24, 2.45) is 29.6 Å². The molecule has 125 heavy (non-hydrogen) atoms. The number of carbonyl (C=O) groups excluding carboxylic acids is 12. The van der Waals surface area contributed by atoms with Crippen LogP contribution in [-0.2, 0) is 94.2 Å². The molecule has 3 fully saturated rings. The van der Waals surface area contributed by atoms with Crippen molar-refractivity contribution in [1.29, 1.82) is 0 Å². The Balaban J connectivity index is 0.000000212. The van der Waals surface area contributed by atoms with Gasteiger partial charge in [-0.15, -0.1) is 0 Å². The third-order valence-electron chi connectivity index (χ3n) is 22.1. The minimum atomic E-state index is -1.46. The lowest BCUT2D eigenvalue weighted by molar-refractivity contribution is -0.177. The molecule has 5 aromatic carbocycles. The second kappa shape index (κ2) is 45.0. The first-order valence-electron chi connectivity index (χ1n) is 41.0. The zero-order valence-corrected chi connectivity index (χ0v) is 70.7. The van der Waals surface area contributed by atoms with Crippen molar-refractivity contribution in [1.82, 2.24) is 57.1 Å². The molecule has 0 bridgehead atoms. The fourth-order valence-electron chi connectivity index (χ4n) is 14.3. The third-order valence-corrected chi connectivity index (χ3v) is 22.1. The van der Waals surface area contributed by atoms with E-state index in [1.54, 1.807) is 85.8 Å². The molecule has 3 aliphatic rings. The van der Waals surface area contributed by atoms with Crippen LogP contribution < -0.4 is 37.2 Å². The van der Waals surface area contributed by atoms with E-state index < -0.39 is 191 Å². The monoisotopic (exact) mass is 1720 g/mol. The Morgan fingerprint density at radius 3 is 1.03 bits per heavy atom. The summed E-state index contributed by atoms with van der Waals surface area (Å²) in [4.78, 5) is 173. The fourth-order valence-corrected chi connectivity index (χ4v) is 14.3. The van der Waals surface area contributed by atoms with E-state index in [0.29, 0.717) is 5.56 Å². The Morgan fingerprint density at radius 1 is 0.376 bits per heavy atom. The first-order chi connectivity index (χ1) is 59.6. The summed E-state index contributed by atoms with van der Waals surface area (Å²) < 4.78 is 22.6. The molecule has 3 saturated heterocycles. The number of hydrogen-bond acceptors (Lipinski definition) is 25. The highest BCUT2D eigenvalue weighted by Gasteiger charge is 2.46. The SMILES string of the molecule is CC(C)C(C)C1C(=O)O[C@H](C)[C@H](NC(=O)c2ncccc2O)C(=O)N[C@@H](Cc2ccccc2)[C@@H](O)[C@@H](C)C(=O)N1C.C[C@H]1OC(=O)C(Cc2ccccc2)NC(=O)[C@H](C)[C@H](O)[C@H](Cc2ccccc2)NC(=O)[C@H]1NC(=O)c1ncccc1O.C[C@H]1OC(=O)C(Cc2ccccc2)OC(=O)[C@H](C)[C@H](O)[C@H](Cc2ccccc2)NC(=O)[C@H]1NC(=O)c1ncccc1O. The number of likely N-dealkylation sites (N-methyl/N-ethyl adjacent to an activating group) is 1. The first kappa shape index (κ1) is 95.3. The molecular formula is C92H107N11O22. The van der Waals surface area contributed by atoms with Crippen LogP contribution in [0.1, 0.15) is 122 Å². The van der Waals surface area contributed by atoms with Crippen molar-refractivity contribution in [3.8, 4) is 17.2 Å². The molecule has 13 N–H and O–H groups in total. The topological polar surface area (TPSA) is 489 Å². The van der Waals surface area contributed by atoms with Gasteiger partial charge in [-0.3, -0.25) is 43.2 Å². The lowest BCUT2D eigenvalue weighted by Gasteiger charge is -2.38. The second-order valence-electron chi connectivity index (χ2n) is 31.5. The molecule has 3 aromatic heterocycles. The predicted molar refractivity (Wildman–Crippen MR) is 453 cm³/mol. The molecular weight excluding hydrogens is 1610 g/mol. The van der Waals surface area contributed by atoms with Crippen LogP contribution in [-0.4, -0.2) is 220 Å². The summed E-state index contributed by atoms with van der Waals surface area (Å²) in [5, 5.41) is 82.9. The molecule has 0 aliphatic carbocycles. The summed E-state index contributed by atoms with van der Waals surface area (Å²) in [5.74, 6) is -14.0. The van der Waals surface area contributed by atoms with Crippen LogP contribution >= 0.6 is 0 Å². The molecule has 0 spiro atoms. The molecule has 4 unspecified atom stereocenters. The van der Waals surface area contributed by atoms with Crippen molar-refractivity contribution in [2.45, 2.75) is 185 Å². The minimum Gasteiger partial charge on any atom is -0.505 e. The van der Waals surface area contributed by atoms with E-state index in [1.807, 2.05) is 93.6 Å². The Labute approximate surface area is 722 Å². The molecule has 33 nitrogen and oxygen atoms in total. The van der Waals surface area contributed by atoms with Crippen molar-refractivity contribution in [3.63, 3.8) is 0 Å². The number of nitrogens with one attached hydrogen (secondary N) is 7. The average molecular weight is 1720 g/mol. The molecule has 662 valence electrons. The normalized spacial score (nSPS) is 25.7. The first-order valence-corrected chi connectivity index (χ1v) is 41.0. The van der Waals surface area contributed by atoms with E-state index >= 15 is 0 Å². The number of carbonyl (C=O) groups is 12. The lowest BCUT2D eigenvalue weighted by atomic mass is 9.87. The number of ether oxygens (including phenoxy) is 4. The van der Waals surface area contributed by atoms with E-state index in [2.05, 4.69) is 52.2 Å². The lowest BCUT2D eigenvalue weighted by Crippen LogP contribution is -2.61. The van der Waals surface area contributed by atoms with Crippen LogP contribution in [0.2, 0.25) is 0 Å². The molecule has 19 atom stereocenters. The summed E-state index contributed by atoms with van der Waals surface area (Å²) >= 11 is 0. The maximum absolute atomic E-state index is 13.7. The number of nitrogens with zero attached hydrogens (tertiary/aromatic N) is 4. The third kappa shape index (κ3) is 26.0. The number of aliphatic hydroxyl groups excluding tert-OH is 3. The van der Waals surface area contributed by atoms with E-state index in [4.69, 9.17) is 18.9 Å². The summed E-state index contributed by atoms with van der Waals surface area (Å²) in [5.41, 5.74) is 2.85. The highest BCUT2D eigenvalue weighted by atomic mass is 16.6. The second-order valence-corrected chi connectivity index (χ2v) is 31.5. The van der Waals surface area contributed by atoms with Crippen molar-refractivity contribution in [2.75, 3.05) is 7.05 Å². The highest BCUT2D eigenvalue weighted by molar-refractivity contribution is 6.01. The molecule has 8 amide bonds. The maximum atomic E-state index is 13.7. The minimum absolute atomic E-state index is 0.0111. The van der Waals surface area contributed by atoms with Gasteiger partial charge in [-0.1, -0.05) is 186 Å². The predicted octanol–water partition coefficient (Wildman–Crippen LogP) is 4.67. The van der Waals surface area contributed by atoms with Gasteiger partial charge in [-0.2, -0.15) is 0 Å². The van der Waals surface area contributed by atoms with Gasteiger partial charge in [0.15, 0.2) is 17.1 Å². The number of esters is 4. The number of cyclic esters (lactones) is 4. The average Bonchev–Trinajstić information content (AvgIpc) is 0.809. The molecule has 6 heterocycles. The van der Waals surface area contributed by atoms with Gasteiger partial charge in [0.2, 0.25) is 35.6 Å². The summed E-state index contributed by atoms with van der Waals surface area (Å²) in [6, 6.07) is 44.0. The van der Waals surface area contributed by atoms with Crippen LogP contribution in [0, 0.1) is 29.6 Å². The standard InChI is InChI=1S/C31H34N4O7.C31H33N3O8.C30H40N4O7/c1-18-27(37)22(16-20-10-5-3-6-11-20)33-29(39)25(35-30(40)26-24(36)14-9-15-32-26)19(2)42-31(41)23(34-28(18)38)17-21-12-7-4-8-13-21;1-18-27(36)22(16-20-10-5-3-6-11-20)33-28(37)25(34-29(38)26-23(35)14-9-15-32-26)19(2)41-31(40)24(42-30(18)39)17-21-12-7-4-8-13-21;1-16(2)17(3)25-30(40)41-19(5)23(33-28(38)24-22(35)13-10-14-31-24)27(37)32-21(15-20-11-8-7-9-12-20)26(36)18(4)29(39)34(25)6/h3-15,18-19,22-23,25,27,36-37H,16-17H2,1-2H3,(H,33,39)(H,34,38)(H,35,40);3-15,18-19,22,24-25,27,35-36H,16-17H2,1-2H3,(H,33,37)(H,34,38);7-14,16-19,21,23,25-26,35-36H,15H2,1-6H3,(H,32,37)(H,33,38)/t18-,19-,22+,23?,25+,27+;18-,19-,22+,24?,25+,27+;17?,18-,19-,21+,23+,25?,26+/m111/s1. The molecule has 33 heteroatoms. The number of aromatic nitrogens is 3. The zero-order valence-electron chi connectivity index (χ0n) is 70.7. The van der Waals surface area contributed by atoms with Gasteiger partial charge in [-0.05, 0) is 123 Å². The van der Waals surface area contributed by atoms with Crippen LogP contribution in [0.3, 0.4) is 0 Å². The number of benzene rings is 5. The summed E-state index contributed by atoms with van der Waals surface area (Å²) in [6.45, 7) is 14.4. The van der Waals surface area contributed by atoms with Crippen LogP contribution in [0.15, 0.2) is 207 Å². The Bertz CT molecular complexity index is 4810. The van der Waals surface area contributed by atoms with E-state index in [-0.39, 0.29) is 66.8 Å². The molecule has 0 radical (unpaired) electrons. The van der Waals surface area contributed by atoms with E-state index in [1.165, 1.54) is 102 Å². The maximum Gasteiger partial charge on any atom is 0.348 e. The van der Waals surface area contributed by atoms with Gasteiger partial charge in [0.05, 0.1) is 54.2 Å². The largest absolute Gasteiger partial charge is 0.505 e. The zero-order chi connectivity index (χ0) is 90.9. The van der Waals surface area contributed by atoms with Crippen molar-refractivity contribution in [3.05, 3.63) is 252 Å². The van der Waals surface area contributed by atoms with Gasteiger partial charge < -0.3 is 91.7 Å². The van der Waals surface area contributed by atoms with Gasteiger partial charge in [0.1, 0.15) is 65.8 Å². The summed E-state index contributed by atoms with van der Waals surface area (Å²) in [6.07, 6.45) is -4.61. The fraction of sp³-hybridized carbons (Fsp3) is 0.380. The quantitative estimate of drug-likeness (QED) is 0.0410. The molecule has 11 rings (SSSR count). The van der Waals surface area contributed by atoms with Crippen LogP contribution in [0.5, 0.6) is 17.2 Å². The number of pyridine rings is 3. The van der Waals surface area contributed by atoms with Gasteiger partial charge in [0.25, 0.3) is 17.7 Å². The number of amides is 8. The van der Waals surface area contributed by atoms with Crippen molar-refractivity contribution >= 4 is 71.1 Å². The van der Waals surface area contributed by atoms with Crippen LogP contribution in [0.4, 0.5) is 0 Å². The Kier molecular flexibility index (Phi) is 34.3.